The smallest absolute Gasteiger partial charge is 0.248 e. The van der Waals surface area contributed by atoms with Gasteiger partial charge in [-0.2, -0.15) is 5.10 Å². The Labute approximate surface area is 163 Å². The molecule has 4 rings (SSSR count). The monoisotopic (exact) mass is 371 g/mol. The lowest BCUT2D eigenvalue weighted by atomic mass is 10.0. The molecule has 140 valence electrons. The minimum absolute atomic E-state index is 0.419. The summed E-state index contributed by atoms with van der Waals surface area (Å²) in [7, 11) is 1.91. The van der Waals surface area contributed by atoms with Crippen LogP contribution in [0.5, 0.6) is 0 Å². The average molecular weight is 371 g/mol. The summed E-state index contributed by atoms with van der Waals surface area (Å²) < 4.78 is 1.79. The van der Waals surface area contributed by atoms with Gasteiger partial charge in [-0.15, -0.1) is 0 Å². The zero-order valence-electron chi connectivity index (χ0n) is 16.0. The van der Waals surface area contributed by atoms with Crippen molar-refractivity contribution in [2.75, 3.05) is 5.32 Å². The molecule has 4 aromatic rings. The van der Waals surface area contributed by atoms with Crippen LogP contribution in [-0.4, -0.2) is 20.7 Å². The lowest BCUT2D eigenvalue weighted by Gasteiger charge is -2.14. The predicted molar refractivity (Wildman–Crippen MR) is 112 cm³/mol. The van der Waals surface area contributed by atoms with Crippen molar-refractivity contribution < 1.29 is 4.79 Å². The summed E-state index contributed by atoms with van der Waals surface area (Å²) in [5.41, 5.74) is 10.9. The molecule has 6 heteroatoms. The molecule has 0 bridgehead atoms. The largest absolute Gasteiger partial charge is 0.366 e. The summed E-state index contributed by atoms with van der Waals surface area (Å²) in [6.45, 7) is 3.86. The van der Waals surface area contributed by atoms with Gasteiger partial charge in [-0.3, -0.25) is 9.48 Å². The number of aryl methyl sites for hydroxylation is 1. The van der Waals surface area contributed by atoms with Crippen LogP contribution in [0.25, 0.3) is 21.9 Å². The number of hydrogen-bond donors (Lipinski definition) is 2. The normalized spacial score (nSPS) is 11.0. The van der Waals surface area contributed by atoms with Crippen LogP contribution in [0.4, 0.5) is 11.5 Å². The van der Waals surface area contributed by atoms with Gasteiger partial charge in [0.1, 0.15) is 5.82 Å². The molecule has 0 radical (unpaired) electrons. The van der Waals surface area contributed by atoms with E-state index in [-0.39, 0.29) is 0 Å². The van der Waals surface area contributed by atoms with E-state index in [1.54, 1.807) is 10.7 Å². The van der Waals surface area contributed by atoms with Crippen LogP contribution in [0.1, 0.15) is 21.5 Å². The number of anilines is 2. The minimum Gasteiger partial charge on any atom is -0.366 e. The standard InChI is InChI=1S/C22H21N5O/c1-13-14(2)20(8-7-17(13)22(23)28)26-21-9-19-15(10-24-21)5-4-6-18(19)16-11-25-27(3)12-16/h4-12H,1-3H3,(H2,23,28)(H,24,26). The Morgan fingerprint density at radius 1 is 1.11 bits per heavy atom. The highest BCUT2D eigenvalue weighted by atomic mass is 16.1. The second kappa shape index (κ2) is 6.81. The Kier molecular flexibility index (Phi) is 4.31. The van der Waals surface area contributed by atoms with Crippen molar-refractivity contribution in [3.05, 3.63) is 71.7 Å². The summed E-state index contributed by atoms with van der Waals surface area (Å²) in [6, 6.07) is 11.8. The van der Waals surface area contributed by atoms with E-state index in [1.165, 1.54) is 0 Å². The molecule has 0 spiro atoms. The van der Waals surface area contributed by atoms with Gasteiger partial charge in [0.15, 0.2) is 0 Å². The van der Waals surface area contributed by atoms with E-state index in [4.69, 9.17) is 5.73 Å². The lowest BCUT2D eigenvalue weighted by Crippen LogP contribution is -2.13. The Hall–Kier alpha value is -3.67. The van der Waals surface area contributed by atoms with E-state index in [9.17, 15) is 4.79 Å². The molecule has 0 unspecified atom stereocenters. The number of nitrogens with two attached hydrogens (primary N) is 1. The van der Waals surface area contributed by atoms with Gasteiger partial charge in [-0.1, -0.05) is 18.2 Å². The van der Waals surface area contributed by atoms with E-state index >= 15 is 0 Å². The second-order valence-corrected chi connectivity index (χ2v) is 6.90. The van der Waals surface area contributed by atoms with Crippen molar-refractivity contribution in [2.24, 2.45) is 12.8 Å². The van der Waals surface area contributed by atoms with Crippen LogP contribution in [0.3, 0.4) is 0 Å². The summed E-state index contributed by atoms with van der Waals surface area (Å²) >= 11 is 0. The van der Waals surface area contributed by atoms with Crippen LogP contribution in [0, 0.1) is 13.8 Å². The number of nitrogens with one attached hydrogen (secondary N) is 1. The molecule has 0 saturated carbocycles. The molecule has 2 aromatic carbocycles. The third kappa shape index (κ3) is 3.09. The first-order valence-corrected chi connectivity index (χ1v) is 8.99. The van der Waals surface area contributed by atoms with Crippen molar-refractivity contribution in [3.63, 3.8) is 0 Å². The van der Waals surface area contributed by atoms with Gasteiger partial charge in [-0.05, 0) is 54.1 Å². The highest BCUT2D eigenvalue weighted by Crippen LogP contribution is 2.31. The number of rotatable bonds is 4. The Balaban J connectivity index is 1.77. The fourth-order valence-corrected chi connectivity index (χ4v) is 3.41. The van der Waals surface area contributed by atoms with Crippen LogP contribution in [0.15, 0.2) is 55.0 Å². The molecule has 3 N–H and O–H groups in total. The van der Waals surface area contributed by atoms with Gasteiger partial charge in [-0.25, -0.2) is 4.98 Å². The number of fused-ring (bicyclic) bond motifs is 1. The maximum atomic E-state index is 11.5. The number of primary amides is 1. The molecule has 0 fully saturated rings. The lowest BCUT2D eigenvalue weighted by molar-refractivity contribution is 0.0999. The number of benzene rings is 2. The molecular weight excluding hydrogens is 350 g/mol. The maximum absolute atomic E-state index is 11.5. The highest BCUT2D eigenvalue weighted by Gasteiger charge is 2.12. The van der Waals surface area contributed by atoms with Gasteiger partial charge in [0.2, 0.25) is 5.91 Å². The van der Waals surface area contributed by atoms with Crippen molar-refractivity contribution in [3.8, 4) is 11.1 Å². The number of carbonyl (C=O) groups is 1. The molecule has 0 atom stereocenters. The average Bonchev–Trinajstić information content (AvgIpc) is 3.11. The molecule has 0 aliphatic heterocycles. The number of hydrogen-bond acceptors (Lipinski definition) is 4. The Morgan fingerprint density at radius 2 is 1.93 bits per heavy atom. The van der Waals surface area contributed by atoms with E-state index in [1.807, 2.05) is 63.8 Å². The fourth-order valence-electron chi connectivity index (χ4n) is 3.41. The molecule has 6 nitrogen and oxygen atoms in total. The topological polar surface area (TPSA) is 85.8 Å². The van der Waals surface area contributed by atoms with Gasteiger partial charge in [0.05, 0.1) is 6.20 Å². The van der Waals surface area contributed by atoms with E-state index < -0.39 is 5.91 Å². The van der Waals surface area contributed by atoms with E-state index in [2.05, 4.69) is 21.5 Å². The third-order valence-corrected chi connectivity index (χ3v) is 5.09. The molecule has 1 amide bonds. The molecule has 28 heavy (non-hydrogen) atoms. The zero-order chi connectivity index (χ0) is 19.8. The third-order valence-electron chi connectivity index (χ3n) is 5.09. The number of pyridine rings is 1. The van der Waals surface area contributed by atoms with Gasteiger partial charge in [0, 0.05) is 41.6 Å². The SMILES string of the molecule is Cc1c(Nc2cc3c(-c4cnn(C)c4)cccc3cn2)ccc(C(N)=O)c1C. The Morgan fingerprint density at radius 3 is 2.64 bits per heavy atom. The number of carbonyl (C=O) groups excluding carboxylic acids is 1. The van der Waals surface area contributed by atoms with Gasteiger partial charge >= 0.3 is 0 Å². The molecule has 0 saturated heterocycles. The fraction of sp³-hybridized carbons (Fsp3) is 0.136. The first-order valence-electron chi connectivity index (χ1n) is 8.99. The minimum atomic E-state index is -0.419. The quantitative estimate of drug-likeness (QED) is 0.566. The van der Waals surface area contributed by atoms with Crippen molar-refractivity contribution >= 4 is 28.2 Å². The maximum Gasteiger partial charge on any atom is 0.248 e. The van der Waals surface area contributed by atoms with Crippen LogP contribution < -0.4 is 11.1 Å². The molecule has 2 aromatic heterocycles. The molecule has 0 aliphatic rings. The van der Waals surface area contributed by atoms with Gasteiger partial charge in [0.25, 0.3) is 0 Å². The van der Waals surface area contributed by atoms with E-state index in [0.29, 0.717) is 5.56 Å². The molecule has 2 heterocycles. The van der Waals surface area contributed by atoms with Crippen molar-refractivity contribution in [2.45, 2.75) is 13.8 Å². The van der Waals surface area contributed by atoms with Crippen LogP contribution >= 0.6 is 0 Å². The molecule has 0 aliphatic carbocycles. The highest BCUT2D eigenvalue weighted by molar-refractivity contribution is 5.98. The zero-order valence-corrected chi connectivity index (χ0v) is 16.0. The molecular formula is C22H21N5O. The number of aromatic nitrogens is 3. The van der Waals surface area contributed by atoms with E-state index in [0.717, 1.165) is 44.5 Å². The second-order valence-electron chi connectivity index (χ2n) is 6.90. The van der Waals surface area contributed by atoms with Gasteiger partial charge < -0.3 is 11.1 Å². The van der Waals surface area contributed by atoms with Crippen molar-refractivity contribution in [1.82, 2.24) is 14.8 Å². The van der Waals surface area contributed by atoms with Crippen molar-refractivity contribution in [1.29, 1.82) is 0 Å². The predicted octanol–water partition coefficient (Wildman–Crippen LogP) is 4.09. The summed E-state index contributed by atoms with van der Waals surface area (Å²) in [5.74, 6) is 0.315. The number of nitrogens with zero attached hydrogens (tertiary/aromatic N) is 3. The van der Waals surface area contributed by atoms with Crippen LogP contribution in [0.2, 0.25) is 0 Å². The summed E-state index contributed by atoms with van der Waals surface area (Å²) in [5, 5.41) is 9.81. The summed E-state index contributed by atoms with van der Waals surface area (Å²) in [6.07, 6.45) is 5.72. The first-order chi connectivity index (χ1) is 13.4. The van der Waals surface area contributed by atoms with Crippen LogP contribution in [-0.2, 0) is 7.05 Å². The summed E-state index contributed by atoms with van der Waals surface area (Å²) in [4.78, 5) is 16.1. The first kappa shape index (κ1) is 17.7. The Bertz CT molecular complexity index is 1210. The number of amides is 1.